The van der Waals surface area contributed by atoms with Crippen LogP contribution in [0.4, 0.5) is 0 Å². The van der Waals surface area contributed by atoms with Crippen molar-refractivity contribution in [2.45, 2.75) is 98.8 Å². The predicted octanol–water partition coefficient (Wildman–Crippen LogP) is 4.92. The predicted molar refractivity (Wildman–Crippen MR) is 131 cm³/mol. The van der Waals surface area contributed by atoms with Crippen molar-refractivity contribution in [3.8, 4) is 0 Å². The van der Waals surface area contributed by atoms with E-state index < -0.39 is 5.72 Å². The normalized spacial score (nSPS) is 14.9. The molecule has 0 aromatic heterocycles. The van der Waals surface area contributed by atoms with Crippen LogP contribution in [0.15, 0.2) is 28.3 Å². The van der Waals surface area contributed by atoms with Crippen LogP contribution in [0.3, 0.4) is 0 Å². The summed E-state index contributed by atoms with van der Waals surface area (Å²) in [5.74, 6) is 0. The van der Waals surface area contributed by atoms with Gasteiger partial charge in [-0.3, -0.25) is 4.99 Å². The van der Waals surface area contributed by atoms with E-state index in [2.05, 4.69) is 87.8 Å². The van der Waals surface area contributed by atoms with Gasteiger partial charge in [-0.15, -0.1) is 7.83 Å². The van der Waals surface area contributed by atoms with E-state index in [1.807, 2.05) is 0 Å². The molecular weight excluding hydrogens is 349 g/mol. The Morgan fingerprint density at radius 2 is 1.67 bits per heavy atom. The highest BCUT2D eigenvalue weighted by molar-refractivity contribution is 7.99. The smallest absolute Gasteiger partial charge is 0.153 e. The molecule has 3 nitrogen and oxygen atoms in total. The zero-order chi connectivity index (χ0) is 21.1. The summed E-state index contributed by atoms with van der Waals surface area (Å²) in [5, 5.41) is 3.65. The molecule has 0 atom stereocenters. The lowest BCUT2D eigenvalue weighted by Gasteiger charge is -2.31. The number of nitrogens with zero attached hydrogens (tertiary/aromatic N) is 1. The molecule has 0 aromatic rings. The summed E-state index contributed by atoms with van der Waals surface area (Å²) in [4.78, 5) is 4.82. The van der Waals surface area contributed by atoms with Crippen LogP contribution in [-0.2, 0) is 4.74 Å². The molecule has 0 aliphatic heterocycles. The Bertz CT molecular complexity index is 526. The SMILES string of the molecule is BP(B)NC(C)(C)CCOC(C)(C)/N=C(\C)CC/C(C)=C/CC/C(C)=C/C. The van der Waals surface area contributed by atoms with Gasteiger partial charge in [0.2, 0.25) is 0 Å². The quantitative estimate of drug-likeness (QED) is 0.209. The number of rotatable bonds is 13. The Balaban J connectivity index is 4.39. The van der Waals surface area contributed by atoms with Crippen LogP contribution in [0.5, 0.6) is 0 Å². The average Bonchev–Trinajstić information content (AvgIpc) is 2.50. The third-order valence-electron chi connectivity index (χ3n) is 4.57. The van der Waals surface area contributed by atoms with Gasteiger partial charge in [0, 0.05) is 11.3 Å². The molecule has 0 radical (unpaired) electrons. The number of ether oxygens (including phenoxy) is 1. The lowest BCUT2D eigenvalue weighted by molar-refractivity contribution is -0.0174. The molecule has 0 bridgehead atoms. The fraction of sp³-hybridized carbons (Fsp3) is 0.762. The average molecular weight is 392 g/mol. The second-order valence-electron chi connectivity index (χ2n) is 9.01. The van der Waals surface area contributed by atoms with Crippen LogP contribution < -0.4 is 5.09 Å². The Hall–Kier alpha value is -0.370. The maximum Gasteiger partial charge on any atom is 0.153 e. The molecule has 0 aliphatic carbocycles. The fourth-order valence-corrected chi connectivity index (χ4v) is 4.26. The molecule has 27 heavy (non-hydrogen) atoms. The van der Waals surface area contributed by atoms with Crippen molar-refractivity contribution in [1.29, 1.82) is 0 Å². The minimum absolute atomic E-state index is 0.108. The number of hydrogen-bond donors (Lipinski definition) is 1. The molecular formula is C21H43B2N2OP. The van der Waals surface area contributed by atoms with Crippen molar-refractivity contribution < 1.29 is 4.74 Å². The van der Waals surface area contributed by atoms with Gasteiger partial charge in [-0.05, 0) is 87.5 Å². The van der Waals surface area contributed by atoms with E-state index in [4.69, 9.17) is 9.73 Å². The summed E-state index contributed by atoms with van der Waals surface area (Å²) in [6.07, 6.45) is 9.92. The third kappa shape index (κ3) is 15.3. The molecule has 0 rings (SSSR count). The lowest BCUT2D eigenvalue weighted by Crippen LogP contribution is -2.38. The van der Waals surface area contributed by atoms with Gasteiger partial charge in [-0.2, -0.15) is 0 Å². The molecule has 154 valence electrons. The second-order valence-corrected chi connectivity index (χ2v) is 11.0. The van der Waals surface area contributed by atoms with Crippen LogP contribution in [0.1, 0.15) is 87.5 Å². The van der Waals surface area contributed by atoms with E-state index in [0.717, 1.165) is 38.7 Å². The zero-order valence-electron chi connectivity index (χ0n) is 19.7. The molecule has 0 saturated heterocycles. The molecule has 0 fully saturated rings. The molecule has 0 heterocycles. The van der Waals surface area contributed by atoms with Gasteiger partial charge in [0.25, 0.3) is 0 Å². The monoisotopic (exact) mass is 392 g/mol. The molecule has 0 aliphatic rings. The summed E-state index contributed by atoms with van der Waals surface area (Å²) in [6.45, 7) is 18.0. The van der Waals surface area contributed by atoms with Gasteiger partial charge in [0.1, 0.15) is 15.1 Å². The zero-order valence-corrected chi connectivity index (χ0v) is 20.6. The first-order valence-corrected chi connectivity index (χ1v) is 12.5. The van der Waals surface area contributed by atoms with E-state index in [9.17, 15) is 0 Å². The van der Waals surface area contributed by atoms with Crippen molar-refractivity contribution in [2.75, 3.05) is 6.61 Å². The van der Waals surface area contributed by atoms with Crippen molar-refractivity contribution in [3.05, 3.63) is 23.3 Å². The third-order valence-corrected chi connectivity index (χ3v) is 5.63. The summed E-state index contributed by atoms with van der Waals surface area (Å²) in [6, 6.07) is 0. The first-order chi connectivity index (χ1) is 12.4. The minimum atomic E-state index is -0.454. The molecule has 0 saturated carbocycles. The second kappa shape index (κ2) is 13.0. The number of hydrogen-bond acceptors (Lipinski definition) is 3. The van der Waals surface area contributed by atoms with Crippen LogP contribution in [0, 0.1) is 0 Å². The van der Waals surface area contributed by atoms with Gasteiger partial charge >= 0.3 is 0 Å². The Labute approximate surface area is 172 Å². The van der Waals surface area contributed by atoms with E-state index in [1.165, 1.54) is 16.9 Å². The van der Waals surface area contributed by atoms with Crippen molar-refractivity contribution in [1.82, 2.24) is 5.09 Å². The lowest BCUT2D eigenvalue weighted by atomic mass is 10.0. The van der Waals surface area contributed by atoms with E-state index in [0.29, 0.717) is 0 Å². The maximum absolute atomic E-state index is 6.09. The highest BCUT2D eigenvalue weighted by Gasteiger charge is 2.21. The number of aliphatic imine (C=N–C) groups is 1. The fourth-order valence-electron chi connectivity index (χ4n) is 2.94. The van der Waals surface area contributed by atoms with Gasteiger partial charge < -0.3 is 9.82 Å². The number of nitrogens with one attached hydrogen (secondary N) is 1. The first kappa shape index (κ1) is 26.6. The van der Waals surface area contributed by atoms with Crippen molar-refractivity contribution in [3.63, 3.8) is 0 Å². The molecule has 0 unspecified atom stereocenters. The molecule has 6 heteroatoms. The largest absolute Gasteiger partial charge is 0.354 e. The molecule has 0 spiro atoms. The summed E-state index contributed by atoms with van der Waals surface area (Å²) in [7, 11) is 4.38. The van der Waals surface area contributed by atoms with Gasteiger partial charge in [0.15, 0.2) is 5.72 Å². The van der Waals surface area contributed by atoms with Crippen LogP contribution in [0.2, 0.25) is 0 Å². The Morgan fingerprint density at radius 1 is 1.04 bits per heavy atom. The van der Waals surface area contributed by atoms with Gasteiger partial charge in [-0.1, -0.05) is 23.3 Å². The van der Waals surface area contributed by atoms with Gasteiger partial charge in [0.05, 0.1) is 6.61 Å². The topological polar surface area (TPSA) is 33.6 Å². The highest BCUT2D eigenvalue weighted by Crippen LogP contribution is 2.24. The molecule has 0 aromatic carbocycles. The number of allylic oxidation sites excluding steroid dienone is 4. The van der Waals surface area contributed by atoms with Crippen molar-refractivity contribution >= 4 is 28.7 Å². The van der Waals surface area contributed by atoms with Crippen molar-refractivity contribution in [2.24, 2.45) is 4.99 Å². The molecule has 1 N–H and O–H groups in total. The summed E-state index contributed by atoms with van der Waals surface area (Å²) in [5.41, 5.74) is 3.74. The van der Waals surface area contributed by atoms with Gasteiger partial charge in [-0.25, -0.2) is 0 Å². The maximum atomic E-state index is 6.09. The van der Waals surface area contributed by atoms with E-state index in [-0.39, 0.29) is 13.4 Å². The van der Waals surface area contributed by atoms with Crippen LogP contribution >= 0.6 is 7.83 Å². The van der Waals surface area contributed by atoms with Crippen LogP contribution in [0.25, 0.3) is 0 Å². The minimum Gasteiger partial charge on any atom is -0.354 e. The Morgan fingerprint density at radius 3 is 2.22 bits per heavy atom. The van der Waals surface area contributed by atoms with E-state index >= 15 is 0 Å². The van der Waals surface area contributed by atoms with Crippen LogP contribution in [-0.4, -0.2) is 38.7 Å². The molecule has 0 amide bonds. The highest BCUT2D eigenvalue weighted by atomic mass is 31.1. The summed E-state index contributed by atoms with van der Waals surface area (Å²) >= 11 is 0. The standard InChI is InChI=1S/C21H43B2N2OP/c1-9-17(2)11-10-12-18(3)13-14-19(4)24-21(7,8)26-16-15-20(5,6)25-27(22)23/h9,12,25H,10-11,13-16,22-23H2,1-8H3/b17-9+,18-12+,24-19+. The Kier molecular flexibility index (Phi) is 12.8. The summed E-state index contributed by atoms with van der Waals surface area (Å²) < 4.78 is 6.09. The first-order valence-electron chi connectivity index (χ1n) is 10.3. The van der Waals surface area contributed by atoms with E-state index in [1.54, 1.807) is 0 Å².